The van der Waals surface area contributed by atoms with Crippen LogP contribution in [0.3, 0.4) is 0 Å². The zero-order chi connectivity index (χ0) is 8.72. The van der Waals surface area contributed by atoms with Crippen LogP contribution in [-0.2, 0) is 0 Å². The second kappa shape index (κ2) is 2.54. The zero-order valence-corrected chi connectivity index (χ0v) is 7.47. The van der Waals surface area contributed by atoms with Gasteiger partial charge in [-0.3, -0.25) is 4.40 Å². The van der Waals surface area contributed by atoms with E-state index in [1.807, 2.05) is 0 Å². The molecular formula is C7H5Cl2N3. The predicted octanol–water partition coefficient (Wildman–Crippen LogP) is 2.22. The van der Waals surface area contributed by atoms with Crippen molar-refractivity contribution in [3.8, 4) is 0 Å². The number of hydrogen-bond donors (Lipinski definition) is 1. The van der Waals surface area contributed by atoms with E-state index in [-0.39, 0.29) is 0 Å². The topological polar surface area (TPSA) is 43.3 Å². The molecule has 0 fully saturated rings. The van der Waals surface area contributed by atoms with Gasteiger partial charge in [0.1, 0.15) is 0 Å². The van der Waals surface area contributed by atoms with E-state index in [1.165, 1.54) is 0 Å². The molecule has 0 bridgehead atoms. The Morgan fingerprint density at radius 3 is 2.83 bits per heavy atom. The number of aromatic nitrogens is 2. The molecule has 0 spiro atoms. The van der Waals surface area contributed by atoms with Gasteiger partial charge in [-0.1, -0.05) is 23.2 Å². The maximum absolute atomic E-state index is 5.78. The van der Waals surface area contributed by atoms with Crippen molar-refractivity contribution in [2.24, 2.45) is 0 Å². The molecule has 0 unspecified atom stereocenters. The molecule has 0 aliphatic rings. The second-order valence-electron chi connectivity index (χ2n) is 2.36. The van der Waals surface area contributed by atoms with Crippen LogP contribution in [0.1, 0.15) is 0 Å². The summed E-state index contributed by atoms with van der Waals surface area (Å²) in [5.41, 5.74) is 6.32. The maximum atomic E-state index is 5.78. The van der Waals surface area contributed by atoms with Gasteiger partial charge in [0.05, 0.1) is 10.5 Å². The van der Waals surface area contributed by atoms with Crippen molar-refractivity contribution in [3.05, 3.63) is 28.5 Å². The molecule has 0 saturated carbocycles. The van der Waals surface area contributed by atoms with Gasteiger partial charge in [-0.05, 0) is 12.1 Å². The van der Waals surface area contributed by atoms with E-state index in [2.05, 4.69) is 4.98 Å². The van der Waals surface area contributed by atoms with Crippen molar-refractivity contribution in [3.63, 3.8) is 0 Å². The molecule has 2 aromatic heterocycles. The number of hydrogen-bond acceptors (Lipinski definition) is 2. The first kappa shape index (κ1) is 7.71. The van der Waals surface area contributed by atoms with Crippen LogP contribution in [0.5, 0.6) is 0 Å². The highest BCUT2D eigenvalue weighted by atomic mass is 35.5. The largest absolute Gasteiger partial charge is 0.369 e. The van der Waals surface area contributed by atoms with Crippen LogP contribution in [0.15, 0.2) is 18.3 Å². The number of halogens is 2. The lowest BCUT2D eigenvalue weighted by molar-refractivity contribution is 1.17. The van der Waals surface area contributed by atoms with Gasteiger partial charge in [-0.25, -0.2) is 4.98 Å². The number of rotatable bonds is 0. The molecule has 2 N–H and O–H groups in total. The van der Waals surface area contributed by atoms with E-state index < -0.39 is 0 Å². The molecule has 0 atom stereocenters. The molecule has 0 radical (unpaired) electrons. The predicted molar refractivity (Wildman–Crippen MR) is 49.6 cm³/mol. The number of nitrogens with two attached hydrogens (primary N) is 1. The van der Waals surface area contributed by atoms with Gasteiger partial charge >= 0.3 is 0 Å². The van der Waals surface area contributed by atoms with E-state index >= 15 is 0 Å². The van der Waals surface area contributed by atoms with Gasteiger partial charge in [0.15, 0.2) is 5.15 Å². The molecule has 3 nitrogen and oxygen atoms in total. The number of pyridine rings is 1. The molecule has 62 valence electrons. The van der Waals surface area contributed by atoms with Crippen LogP contribution in [0.2, 0.25) is 10.2 Å². The van der Waals surface area contributed by atoms with Gasteiger partial charge in [0.25, 0.3) is 0 Å². The summed E-state index contributed by atoms with van der Waals surface area (Å²) < 4.78 is 1.64. The van der Waals surface area contributed by atoms with E-state index in [1.54, 1.807) is 22.7 Å². The first-order chi connectivity index (χ1) is 5.68. The van der Waals surface area contributed by atoms with Crippen LogP contribution in [0, 0.1) is 0 Å². The summed E-state index contributed by atoms with van der Waals surface area (Å²) in [6.07, 6.45) is 1.67. The summed E-state index contributed by atoms with van der Waals surface area (Å²) >= 11 is 11.5. The van der Waals surface area contributed by atoms with E-state index in [0.29, 0.717) is 16.1 Å². The van der Waals surface area contributed by atoms with Gasteiger partial charge in [-0.15, -0.1) is 0 Å². The van der Waals surface area contributed by atoms with Crippen LogP contribution in [0.4, 0.5) is 5.95 Å². The Hall–Kier alpha value is -0.930. The summed E-state index contributed by atoms with van der Waals surface area (Å²) in [5, 5.41) is 0.993. The third kappa shape index (κ3) is 1.02. The van der Waals surface area contributed by atoms with Crippen molar-refractivity contribution < 1.29 is 0 Å². The fourth-order valence-electron chi connectivity index (χ4n) is 1.04. The molecule has 0 aromatic carbocycles. The van der Waals surface area contributed by atoms with Crippen molar-refractivity contribution in [2.75, 3.05) is 5.73 Å². The molecule has 0 saturated heterocycles. The number of anilines is 1. The quantitative estimate of drug-likeness (QED) is 0.711. The van der Waals surface area contributed by atoms with Gasteiger partial charge in [0, 0.05) is 6.20 Å². The highest BCUT2D eigenvalue weighted by molar-refractivity contribution is 6.33. The highest BCUT2D eigenvalue weighted by Crippen LogP contribution is 2.21. The molecule has 12 heavy (non-hydrogen) atoms. The minimum atomic E-state index is 0.345. The number of nitrogen functional groups attached to an aromatic ring is 1. The third-order valence-electron chi connectivity index (χ3n) is 1.58. The summed E-state index contributed by atoms with van der Waals surface area (Å²) in [5.74, 6) is 0.345. The monoisotopic (exact) mass is 201 g/mol. The standard InChI is InChI=1S/C7H5Cl2N3/c8-4-1-2-5-6(9)11-7(10)12(5)3-4/h1-3H,(H2,10,11). The van der Waals surface area contributed by atoms with Crippen molar-refractivity contribution in [2.45, 2.75) is 0 Å². The molecule has 0 amide bonds. The summed E-state index contributed by atoms with van der Waals surface area (Å²) in [7, 11) is 0. The fraction of sp³-hybridized carbons (Fsp3) is 0. The second-order valence-corrected chi connectivity index (χ2v) is 3.16. The summed E-state index contributed by atoms with van der Waals surface area (Å²) in [6, 6.07) is 3.51. The highest BCUT2D eigenvalue weighted by Gasteiger charge is 2.05. The Balaban J connectivity index is 2.90. The molecule has 5 heteroatoms. The van der Waals surface area contributed by atoms with E-state index in [9.17, 15) is 0 Å². The van der Waals surface area contributed by atoms with Crippen LogP contribution >= 0.6 is 23.2 Å². The Bertz CT molecular complexity index is 435. The van der Waals surface area contributed by atoms with Crippen molar-refractivity contribution in [1.29, 1.82) is 0 Å². The normalized spacial score (nSPS) is 10.8. The Morgan fingerprint density at radius 1 is 1.33 bits per heavy atom. The zero-order valence-electron chi connectivity index (χ0n) is 5.96. The fourth-order valence-corrected chi connectivity index (χ4v) is 1.45. The average molecular weight is 202 g/mol. The number of nitrogens with zero attached hydrogens (tertiary/aromatic N) is 2. The third-order valence-corrected chi connectivity index (χ3v) is 2.08. The SMILES string of the molecule is Nc1nc(Cl)c2ccc(Cl)cn12. The Labute approximate surface area is 78.7 Å². The molecule has 0 aliphatic carbocycles. The van der Waals surface area contributed by atoms with Crippen molar-refractivity contribution >= 4 is 34.7 Å². The van der Waals surface area contributed by atoms with Crippen molar-refractivity contribution in [1.82, 2.24) is 9.38 Å². The Kier molecular flexibility index (Phi) is 1.63. The minimum Gasteiger partial charge on any atom is -0.369 e. The first-order valence-corrected chi connectivity index (χ1v) is 4.02. The molecular weight excluding hydrogens is 197 g/mol. The minimum absolute atomic E-state index is 0.345. The molecule has 2 aromatic rings. The lowest BCUT2D eigenvalue weighted by Crippen LogP contribution is -1.92. The smallest absolute Gasteiger partial charge is 0.206 e. The van der Waals surface area contributed by atoms with Crippen LogP contribution < -0.4 is 5.73 Å². The Morgan fingerprint density at radius 2 is 2.08 bits per heavy atom. The number of imidazole rings is 1. The van der Waals surface area contributed by atoms with Gasteiger partial charge < -0.3 is 5.73 Å². The lowest BCUT2D eigenvalue weighted by atomic mass is 10.4. The summed E-state index contributed by atoms with van der Waals surface area (Å²) in [6.45, 7) is 0. The van der Waals surface area contributed by atoms with Crippen LogP contribution in [0.25, 0.3) is 5.52 Å². The molecule has 0 aliphatic heterocycles. The van der Waals surface area contributed by atoms with Gasteiger partial charge in [-0.2, -0.15) is 0 Å². The molecule has 2 heterocycles. The van der Waals surface area contributed by atoms with Crippen LogP contribution in [-0.4, -0.2) is 9.38 Å². The number of fused-ring (bicyclic) bond motifs is 1. The maximum Gasteiger partial charge on any atom is 0.206 e. The van der Waals surface area contributed by atoms with Gasteiger partial charge in [0.2, 0.25) is 5.95 Å². The lowest BCUT2D eigenvalue weighted by Gasteiger charge is -1.95. The van der Waals surface area contributed by atoms with E-state index in [4.69, 9.17) is 28.9 Å². The summed E-state index contributed by atoms with van der Waals surface area (Å²) in [4.78, 5) is 3.88. The first-order valence-electron chi connectivity index (χ1n) is 3.27. The molecule has 2 rings (SSSR count). The van der Waals surface area contributed by atoms with E-state index in [0.717, 1.165) is 5.52 Å². The average Bonchev–Trinajstić information content (AvgIpc) is 2.28.